The summed E-state index contributed by atoms with van der Waals surface area (Å²) in [6.45, 7) is 4.70. The number of esters is 1. The lowest BCUT2D eigenvalue weighted by Gasteiger charge is -2.44. The van der Waals surface area contributed by atoms with Crippen molar-refractivity contribution in [3.8, 4) is 0 Å². The molecule has 27 heavy (non-hydrogen) atoms. The first-order valence-electron chi connectivity index (χ1n) is 9.29. The van der Waals surface area contributed by atoms with E-state index in [0.717, 1.165) is 12.1 Å². The van der Waals surface area contributed by atoms with Crippen LogP contribution in [0.15, 0.2) is 71.8 Å². The van der Waals surface area contributed by atoms with Gasteiger partial charge in [-0.1, -0.05) is 60.7 Å². The summed E-state index contributed by atoms with van der Waals surface area (Å²) in [6, 6.07) is 20.7. The van der Waals surface area contributed by atoms with E-state index >= 15 is 0 Å². The van der Waals surface area contributed by atoms with E-state index in [9.17, 15) is 9.59 Å². The number of ether oxygens (including phenoxy) is 1. The minimum atomic E-state index is -0.738. The minimum Gasteiger partial charge on any atom is -0.450 e. The van der Waals surface area contributed by atoms with Crippen LogP contribution in [0, 0.1) is 0 Å². The van der Waals surface area contributed by atoms with Gasteiger partial charge in [0.25, 0.3) is 0 Å². The molecule has 0 aliphatic carbocycles. The molecule has 0 aromatic heterocycles. The van der Waals surface area contributed by atoms with Gasteiger partial charge in [0, 0.05) is 19.1 Å². The number of hydrogen-bond acceptors (Lipinski definition) is 4. The second-order valence-electron chi connectivity index (χ2n) is 7.55. The number of ketones is 1. The van der Waals surface area contributed by atoms with Crippen LogP contribution in [0.1, 0.15) is 37.4 Å². The molecule has 0 saturated carbocycles. The third-order valence-corrected chi connectivity index (χ3v) is 5.57. The van der Waals surface area contributed by atoms with E-state index in [1.54, 1.807) is 0 Å². The van der Waals surface area contributed by atoms with E-state index in [0.29, 0.717) is 13.0 Å². The highest BCUT2D eigenvalue weighted by atomic mass is 16.6. The Bertz CT molecular complexity index is 904. The SMILES string of the molecule is CC(=O)C1=C2CC(c3ccccc3)N(Cc3ccccc3)CC2(C)OC1=O. The van der Waals surface area contributed by atoms with Crippen molar-refractivity contribution in [3.05, 3.63) is 82.9 Å². The van der Waals surface area contributed by atoms with E-state index in [1.165, 1.54) is 18.1 Å². The number of likely N-dealkylation sites (tertiary alicyclic amines) is 1. The molecular formula is C23H23NO3. The molecule has 2 atom stereocenters. The summed E-state index contributed by atoms with van der Waals surface area (Å²) in [5.74, 6) is -0.685. The van der Waals surface area contributed by atoms with E-state index in [4.69, 9.17) is 4.74 Å². The Morgan fingerprint density at radius 2 is 1.74 bits per heavy atom. The zero-order valence-corrected chi connectivity index (χ0v) is 15.6. The van der Waals surface area contributed by atoms with Crippen molar-refractivity contribution >= 4 is 11.8 Å². The van der Waals surface area contributed by atoms with Crippen LogP contribution < -0.4 is 0 Å². The maximum absolute atomic E-state index is 12.4. The molecule has 4 nitrogen and oxygen atoms in total. The molecule has 0 bridgehead atoms. The lowest BCUT2D eigenvalue weighted by atomic mass is 9.80. The van der Waals surface area contributed by atoms with E-state index < -0.39 is 11.6 Å². The average molecular weight is 361 g/mol. The van der Waals surface area contributed by atoms with Gasteiger partial charge in [-0.25, -0.2) is 4.79 Å². The Kier molecular flexibility index (Phi) is 4.44. The summed E-state index contributed by atoms with van der Waals surface area (Å²) in [7, 11) is 0. The first kappa shape index (κ1) is 17.7. The smallest absolute Gasteiger partial charge is 0.342 e. The van der Waals surface area contributed by atoms with E-state index in [1.807, 2.05) is 43.3 Å². The third kappa shape index (κ3) is 3.21. The monoisotopic (exact) mass is 361 g/mol. The van der Waals surface area contributed by atoms with Crippen molar-refractivity contribution in [2.24, 2.45) is 0 Å². The Labute approximate surface area is 159 Å². The second-order valence-corrected chi connectivity index (χ2v) is 7.55. The van der Waals surface area contributed by atoms with Crippen LogP contribution in [0.25, 0.3) is 0 Å². The molecule has 2 heterocycles. The van der Waals surface area contributed by atoms with Gasteiger partial charge < -0.3 is 4.74 Å². The van der Waals surface area contributed by atoms with Gasteiger partial charge in [-0.2, -0.15) is 0 Å². The zero-order chi connectivity index (χ0) is 19.0. The first-order valence-corrected chi connectivity index (χ1v) is 9.29. The zero-order valence-electron chi connectivity index (χ0n) is 15.6. The molecule has 0 spiro atoms. The number of carbonyl (C=O) groups is 2. The topological polar surface area (TPSA) is 46.6 Å². The van der Waals surface area contributed by atoms with E-state index in [-0.39, 0.29) is 17.4 Å². The van der Waals surface area contributed by atoms with Gasteiger partial charge >= 0.3 is 5.97 Å². The summed E-state index contributed by atoms with van der Waals surface area (Å²) >= 11 is 0. The highest BCUT2D eigenvalue weighted by Gasteiger charge is 2.51. The van der Waals surface area contributed by atoms with Crippen molar-refractivity contribution in [1.82, 2.24) is 4.90 Å². The quantitative estimate of drug-likeness (QED) is 0.613. The van der Waals surface area contributed by atoms with Gasteiger partial charge in [-0.15, -0.1) is 0 Å². The molecule has 2 aliphatic rings. The minimum absolute atomic E-state index is 0.0957. The lowest BCUT2D eigenvalue weighted by Crippen LogP contribution is -2.48. The predicted octanol–water partition coefficient (Wildman–Crippen LogP) is 3.83. The molecule has 0 radical (unpaired) electrons. The van der Waals surface area contributed by atoms with Crippen LogP contribution in [0.4, 0.5) is 0 Å². The number of fused-ring (bicyclic) bond motifs is 1. The summed E-state index contributed by atoms with van der Waals surface area (Å²) < 4.78 is 5.70. The van der Waals surface area contributed by atoms with Gasteiger partial charge in [0.15, 0.2) is 5.78 Å². The lowest BCUT2D eigenvalue weighted by molar-refractivity contribution is -0.149. The van der Waals surface area contributed by atoms with Gasteiger partial charge in [0.1, 0.15) is 11.2 Å². The molecule has 2 unspecified atom stereocenters. The Hall–Kier alpha value is -2.72. The average Bonchev–Trinajstić information content (AvgIpc) is 2.91. The number of carbonyl (C=O) groups excluding carboxylic acids is 2. The fourth-order valence-electron chi connectivity index (χ4n) is 4.31. The fraction of sp³-hybridized carbons (Fsp3) is 0.304. The van der Waals surface area contributed by atoms with Crippen LogP contribution in [-0.2, 0) is 20.9 Å². The number of benzene rings is 2. The highest BCUT2D eigenvalue weighted by molar-refractivity contribution is 6.18. The molecule has 0 N–H and O–H groups in total. The largest absolute Gasteiger partial charge is 0.450 e. The normalized spacial score (nSPS) is 25.3. The summed E-state index contributed by atoms with van der Waals surface area (Å²) in [6.07, 6.45) is 0.619. The van der Waals surface area contributed by atoms with Crippen molar-refractivity contribution < 1.29 is 14.3 Å². The van der Waals surface area contributed by atoms with Gasteiger partial charge in [-0.3, -0.25) is 9.69 Å². The molecule has 2 aromatic rings. The van der Waals surface area contributed by atoms with Crippen LogP contribution in [0.3, 0.4) is 0 Å². The summed E-state index contributed by atoms with van der Waals surface area (Å²) in [4.78, 5) is 26.8. The Morgan fingerprint density at radius 3 is 2.37 bits per heavy atom. The van der Waals surface area contributed by atoms with Crippen molar-refractivity contribution in [2.75, 3.05) is 6.54 Å². The number of rotatable bonds is 4. The van der Waals surface area contributed by atoms with Gasteiger partial charge in [0.2, 0.25) is 0 Å². The molecule has 138 valence electrons. The Balaban J connectivity index is 1.75. The summed E-state index contributed by atoms with van der Waals surface area (Å²) in [5.41, 5.74) is 2.75. The molecule has 4 heteroatoms. The van der Waals surface area contributed by atoms with Gasteiger partial charge in [0.05, 0.1) is 0 Å². The van der Waals surface area contributed by atoms with E-state index in [2.05, 4.69) is 29.2 Å². The number of hydrogen-bond donors (Lipinski definition) is 0. The van der Waals surface area contributed by atoms with Crippen LogP contribution in [-0.4, -0.2) is 28.8 Å². The van der Waals surface area contributed by atoms with Crippen LogP contribution in [0.5, 0.6) is 0 Å². The summed E-state index contributed by atoms with van der Waals surface area (Å²) in [5, 5.41) is 0. The Morgan fingerprint density at radius 1 is 1.11 bits per heavy atom. The first-order chi connectivity index (χ1) is 13.0. The van der Waals surface area contributed by atoms with Gasteiger partial charge in [-0.05, 0) is 37.0 Å². The molecule has 2 aliphatic heterocycles. The van der Waals surface area contributed by atoms with Crippen molar-refractivity contribution in [1.29, 1.82) is 0 Å². The van der Waals surface area contributed by atoms with Crippen LogP contribution in [0.2, 0.25) is 0 Å². The molecule has 0 amide bonds. The number of piperidine rings is 1. The number of nitrogens with zero attached hydrogens (tertiary/aromatic N) is 1. The third-order valence-electron chi connectivity index (χ3n) is 5.57. The number of Topliss-reactive ketones (excluding diaryl/α,β-unsaturated/α-hetero) is 1. The van der Waals surface area contributed by atoms with Crippen molar-refractivity contribution in [3.63, 3.8) is 0 Å². The second kappa shape index (κ2) is 6.78. The molecular weight excluding hydrogens is 338 g/mol. The molecule has 4 rings (SSSR count). The molecule has 1 saturated heterocycles. The highest BCUT2D eigenvalue weighted by Crippen LogP contribution is 2.46. The maximum atomic E-state index is 12.4. The predicted molar refractivity (Wildman–Crippen MR) is 103 cm³/mol. The standard InChI is InChI=1S/C23H23NO3/c1-16(25)21-19-13-20(18-11-7-4-8-12-18)24(14-17-9-5-3-6-10-17)15-23(19,2)27-22(21)26/h3-12,20H,13-15H2,1-2H3. The molecule has 2 aromatic carbocycles. The van der Waals surface area contributed by atoms with Crippen LogP contribution >= 0.6 is 0 Å². The fourth-order valence-corrected chi connectivity index (χ4v) is 4.31. The maximum Gasteiger partial charge on any atom is 0.342 e. The molecule has 1 fully saturated rings. The van der Waals surface area contributed by atoms with Crippen molar-refractivity contribution in [2.45, 2.75) is 38.5 Å².